The third-order valence-corrected chi connectivity index (χ3v) is 4.42. The van der Waals surface area contributed by atoms with Crippen LogP contribution in [0.4, 0.5) is 5.00 Å². The van der Waals surface area contributed by atoms with Gasteiger partial charge in [0, 0.05) is 11.1 Å². The minimum Gasteiger partial charge on any atom is -0.315 e. The summed E-state index contributed by atoms with van der Waals surface area (Å²) in [4.78, 5) is 16.2. The van der Waals surface area contributed by atoms with E-state index >= 15 is 0 Å². The number of benzene rings is 1. The van der Waals surface area contributed by atoms with Crippen LogP contribution in [0.3, 0.4) is 0 Å². The van der Waals surface area contributed by atoms with Gasteiger partial charge in [0.2, 0.25) is 5.91 Å². The molecule has 0 fully saturated rings. The molecular formula is C15H13ClN2OS. The number of nitrogens with zero attached hydrogens (tertiary/aromatic N) is 1. The van der Waals surface area contributed by atoms with E-state index in [0.29, 0.717) is 4.34 Å². The molecule has 3 nitrogen and oxygen atoms in total. The van der Waals surface area contributed by atoms with Crippen LogP contribution in [-0.2, 0) is 11.2 Å². The first-order chi connectivity index (χ1) is 9.69. The molecule has 0 unspecified atom stereocenters. The minimum atomic E-state index is -0.103. The number of carbonyl (C=O) groups is 1. The Morgan fingerprint density at radius 2 is 2.15 bits per heavy atom. The van der Waals surface area contributed by atoms with Crippen LogP contribution in [0.25, 0.3) is 0 Å². The summed E-state index contributed by atoms with van der Waals surface area (Å²) in [6, 6.07) is 10.0. The van der Waals surface area contributed by atoms with Gasteiger partial charge in [-0.05, 0) is 18.1 Å². The lowest BCUT2D eigenvalue weighted by Crippen LogP contribution is -2.12. The lowest BCUT2D eigenvalue weighted by molar-refractivity contribution is -0.114. The first-order valence-electron chi connectivity index (χ1n) is 6.41. The van der Waals surface area contributed by atoms with Crippen molar-refractivity contribution in [1.82, 2.24) is 0 Å². The second kappa shape index (κ2) is 5.38. The summed E-state index contributed by atoms with van der Waals surface area (Å²) >= 11 is 7.46. The highest BCUT2D eigenvalue weighted by atomic mass is 35.5. The third-order valence-electron chi connectivity index (χ3n) is 3.24. The summed E-state index contributed by atoms with van der Waals surface area (Å²) in [7, 11) is 0. The van der Waals surface area contributed by atoms with Gasteiger partial charge < -0.3 is 5.32 Å². The van der Waals surface area contributed by atoms with E-state index in [4.69, 9.17) is 11.6 Å². The summed E-state index contributed by atoms with van der Waals surface area (Å²) in [6.45, 7) is 2.26. The smallest absolute Gasteiger partial charge is 0.246 e. The van der Waals surface area contributed by atoms with Crippen molar-refractivity contribution < 1.29 is 4.79 Å². The molecule has 2 aromatic rings. The van der Waals surface area contributed by atoms with Gasteiger partial charge >= 0.3 is 0 Å². The lowest BCUT2D eigenvalue weighted by Gasteiger charge is -2.09. The zero-order valence-electron chi connectivity index (χ0n) is 10.9. The number of aryl methyl sites for hydroxylation is 1. The highest BCUT2D eigenvalue weighted by Gasteiger charge is 2.21. The minimum absolute atomic E-state index is 0.103. The Bertz CT molecular complexity index is 706. The molecule has 0 bridgehead atoms. The van der Waals surface area contributed by atoms with Gasteiger partial charge in [-0.1, -0.05) is 42.8 Å². The first-order valence-corrected chi connectivity index (χ1v) is 7.60. The molecule has 5 heteroatoms. The van der Waals surface area contributed by atoms with Crippen LogP contribution in [0.15, 0.2) is 35.3 Å². The predicted molar refractivity (Wildman–Crippen MR) is 84.3 cm³/mol. The van der Waals surface area contributed by atoms with E-state index < -0.39 is 0 Å². The second-order valence-corrected chi connectivity index (χ2v) is 6.20. The SMILES string of the molecule is CCc1ccccc1C1=NCC(=O)Nc2sc(Cl)cc21. The molecule has 1 amide bonds. The average Bonchev–Trinajstić information content (AvgIpc) is 2.73. The maximum Gasteiger partial charge on any atom is 0.246 e. The highest BCUT2D eigenvalue weighted by Crippen LogP contribution is 2.35. The molecule has 20 heavy (non-hydrogen) atoms. The number of nitrogens with one attached hydrogen (secondary N) is 1. The third kappa shape index (κ3) is 2.37. The molecule has 1 aromatic heterocycles. The predicted octanol–water partition coefficient (Wildman–Crippen LogP) is 3.75. The summed E-state index contributed by atoms with van der Waals surface area (Å²) in [5, 5.41) is 3.64. The van der Waals surface area contributed by atoms with Crippen molar-refractivity contribution >= 4 is 39.6 Å². The van der Waals surface area contributed by atoms with E-state index in [9.17, 15) is 4.79 Å². The molecule has 0 saturated heterocycles. The van der Waals surface area contributed by atoms with Gasteiger partial charge in [0.15, 0.2) is 0 Å². The number of carbonyl (C=O) groups excluding carboxylic acids is 1. The molecule has 3 rings (SSSR count). The summed E-state index contributed by atoms with van der Waals surface area (Å²) < 4.78 is 0.652. The average molecular weight is 305 g/mol. The van der Waals surface area contributed by atoms with Gasteiger partial charge in [0.1, 0.15) is 11.5 Å². The number of rotatable bonds is 2. The molecule has 1 aromatic carbocycles. The van der Waals surface area contributed by atoms with Crippen molar-refractivity contribution in [1.29, 1.82) is 0 Å². The highest BCUT2D eigenvalue weighted by molar-refractivity contribution is 7.20. The molecule has 2 heterocycles. The zero-order valence-corrected chi connectivity index (χ0v) is 12.5. The number of halogens is 1. The fourth-order valence-electron chi connectivity index (χ4n) is 2.32. The maximum atomic E-state index is 11.7. The zero-order chi connectivity index (χ0) is 14.1. The Hall–Kier alpha value is -1.65. The Balaban J connectivity index is 2.19. The van der Waals surface area contributed by atoms with E-state index in [1.807, 2.05) is 24.3 Å². The molecule has 1 aliphatic heterocycles. The van der Waals surface area contributed by atoms with Crippen LogP contribution in [0.2, 0.25) is 4.34 Å². The molecule has 0 spiro atoms. The number of aliphatic imine (C=N–C) groups is 1. The standard InChI is InChI=1S/C15H13ClN2OS/c1-2-9-5-3-4-6-10(9)14-11-7-12(16)20-15(11)18-13(19)8-17-14/h3-7H,2,8H2,1H3,(H,18,19). The number of thiophene rings is 1. The molecule has 0 aliphatic carbocycles. The van der Waals surface area contributed by atoms with Crippen LogP contribution in [0.5, 0.6) is 0 Å². The Morgan fingerprint density at radius 3 is 2.95 bits per heavy atom. The molecule has 0 atom stereocenters. The number of fused-ring (bicyclic) bond motifs is 1. The Morgan fingerprint density at radius 1 is 1.35 bits per heavy atom. The Labute approximate surface area is 126 Å². The first kappa shape index (κ1) is 13.3. The number of hydrogen-bond donors (Lipinski definition) is 1. The number of hydrogen-bond acceptors (Lipinski definition) is 3. The second-order valence-electron chi connectivity index (χ2n) is 4.52. The van der Waals surface area contributed by atoms with Crippen molar-refractivity contribution in [3.05, 3.63) is 51.4 Å². The Kier molecular flexibility index (Phi) is 3.59. The summed E-state index contributed by atoms with van der Waals surface area (Å²) in [5.41, 5.74) is 4.04. The van der Waals surface area contributed by atoms with Crippen LogP contribution >= 0.6 is 22.9 Å². The van der Waals surface area contributed by atoms with E-state index in [0.717, 1.165) is 28.3 Å². The van der Waals surface area contributed by atoms with E-state index in [1.54, 1.807) is 0 Å². The monoisotopic (exact) mass is 304 g/mol. The van der Waals surface area contributed by atoms with Gasteiger partial charge in [0.25, 0.3) is 0 Å². The fourth-order valence-corrected chi connectivity index (χ4v) is 3.46. The van der Waals surface area contributed by atoms with E-state index in [1.165, 1.54) is 16.9 Å². The van der Waals surface area contributed by atoms with Gasteiger partial charge in [0.05, 0.1) is 10.0 Å². The van der Waals surface area contributed by atoms with Crippen LogP contribution in [-0.4, -0.2) is 18.2 Å². The van der Waals surface area contributed by atoms with Crippen molar-refractivity contribution in [2.24, 2.45) is 4.99 Å². The molecule has 1 aliphatic rings. The quantitative estimate of drug-likeness (QED) is 0.902. The van der Waals surface area contributed by atoms with E-state index in [-0.39, 0.29) is 12.5 Å². The van der Waals surface area contributed by atoms with Crippen molar-refractivity contribution in [3.63, 3.8) is 0 Å². The van der Waals surface area contributed by atoms with Gasteiger partial charge in [-0.15, -0.1) is 11.3 Å². The van der Waals surface area contributed by atoms with Crippen LogP contribution < -0.4 is 5.32 Å². The van der Waals surface area contributed by atoms with Crippen molar-refractivity contribution in [2.75, 3.05) is 11.9 Å². The normalized spacial score (nSPS) is 14.3. The van der Waals surface area contributed by atoms with Crippen molar-refractivity contribution in [2.45, 2.75) is 13.3 Å². The molecule has 102 valence electrons. The van der Waals surface area contributed by atoms with Gasteiger partial charge in [-0.25, -0.2) is 0 Å². The molecule has 1 N–H and O–H groups in total. The fraction of sp³-hybridized carbons (Fsp3) is 0.200. The molecular weight excluding hydrogens is 292 g/mol. The van der Waals surface area contributed by atoms with Crippen LogP contribution in [0, 0.1) is 0 Å². The summed E-state index contributed by atoms with van der Waals surface area (Å²) in [6.07, 6.45) is 0.920. The lowest BCUT2D eigenvalue weighted by atomic mass is 9.97. The number of amides is 1. The maximum absolute atomic E-state index is 11.7. The molecule has 0 saturated carbocycles. The van der Waals surface area contributed by atoms with Crippen LogP contribution in [0.1, 0.15) is 23.6 Å². The van der Waals surface area contributed by atoms with E-state index in [2.05, 4.69) is 23.3 Å². The van der Waals surface area contributed by atoms with Crippen molar-refractivity contribution in [3.8, 4) is 0 Å². The number of anilines is 1. The topological polar surface area (TPSA) is 41.5 Å². The van der Waals surface area contributed by atoms with Gasteiger partial charge in [-0.2, -0.15) is 0 Å². The molecule has 0 radical (unpaired) electrons. The van der Waals surface area contributed by atoms with Gasteiger partial charge in [-0.3, -0.25) is 9.79 Å². The summed E-state index contributed by atoms with van der Waals surface area (Å²) in [5.74, 6) is -0.103. The largest absolute Gasteiger partial charge is 0.315 e.